The maximum atomic E-state index is 14.2. The van der Waals surface area contributed by atoms with E-state index in [0.29, 0.717) is 16.3 Å². The normalized spacial score (nSPS) is 16.6. The lowest BCUT2D eigenvalue weighted by Gasteiger charge is -2.27. The predicted molar refractivity (Wildman–Crippen MR) is 166 cm³/mol. The highest BCUT2D eigenvalue weighted by Gasteiger charge is 2.37. The summed E-state index contributed by atoms with van der Waals surface area (Å²) < 4.78 is 55.9. The Hall–Kier alpha value is -3.65. The molecule has 1 N–H and O–H groups in total. The van der Waals surface area contributed by atoms with E-state index in [4.69, 9.17) is 9.26 Å². The molecule has 0 aliphatic carbocycles. The second kappa shape index (κ2) is 11.8. The van der Waals surface area contributed by atoms with Crippen LogP contribution in [-0.4, -0.2) is 49.3 Å². The number of esters is 1. The van der Waals surface area contributed by atoms with E-state index in [9.17, 15) is 27.4 Å². The fourth-order valence-corrected chi connectivity index (χ4v) is 7.51. The van der Waals surface area contributed by atoms with Crippen LogP contribution in [0.3, 0.4) is 0 Å². The van der Waals surface area contributed by atoms with E-state index in [1.165, 1.54) is 41.1 Å². The van der Waals surface area contributed by atoms with E-state index in [-0.39, 0.29) is 51.5 Å². The summed E-state index contributed by atoms with van der Waals surface area (Å²) in [6.07, 6.45) is 1.46. The molecule has 1 aromatic carbocycles. The fraction of sp³-hybridized carbons (Fsp3) is 0.370. The molecule has 4 rings (SSSR count). The number of rotatable bonds is 8. The average molecular weight is 650 g/mol. The lowest BCUT2D eigenvalue weighted by molar-refractivity contribution is -0.131. The molecule has 43 heavy (non-hydrogen) atoms. The number of carbonyl (C=O) groups is 2. The molecule has 1 aliphatic heterocycles. The zero-order chi connectivity index (χ0) is 31.9. The van der Waals surface area contributed by atoms with Crippen LogP contribution < -0.4 is 25.2 Å². The van der Waals surface area contributed by atoms with Gasteiger partial charge in [-0.25, -0.2) is 17.4 Å². The van der Waals surface area contributed by atoms with Crippen LogP contribution in [0.15, 0.2) is 44.6 Å². The number of aryl methyl sites for hydroxylation is 1. The van der Waals surface area contributed by atoms with E-state index < -0.39 is 35.0 Å². The Morgan fingerprint density at radius 3 is 2.42 bits per heavy atom. The van der Waals surface area contributed by atoms with Gasteiger partial charge in [0.2, 0.25) is 15.9 Å². The van der Waals surface area contributed by atoms with Crippen LogP contribution in [0.2, 0.25) is 0 Å². The van der Waals surface area contributed by atoms with E-state index in [0.717, 1.165) is 20.3 Å². The second-order valence-electron chi connectivity index (χ2n) is 11.0. The summed E-state index contributed by atoms with van der Waals surface area (Å²) in [5.41, 5.74) is -0.0561. The van der Waals surface area contributed by atoms with Crippen molar-refractivity contribution in [2.45, 2.75) is 47.6 Å². The van der Waals surface area contributed by atoms with Crippen LogP contribution >= 0.6 is 18.9 Å². The highest BCUT2D eigenvalue weighted by Crippen LogP contribution is 2.52. The summed E-state index contributed by atoms with van der Waals surface area (Å²) in [5, 5.41) is 11.1. The minimum atomic E-state index is -4.18. The number of fused-ring (bicyclic) bond motifs is 1. The molecule has 230 valence electrons. The molecular formula is C27H32N5O8PS2. The number of thiophene rings is 1. The third-order valence-corrected chi connectivity index (χ3v) is 10.1. The van der Waals surface area contributed by atoms with E-state index in [2.05, 4.69) is 15.2 Å². The van der Waals surface area contributed by atoms with Gasteiger partial charge >= 0.3 is 13.5 Å². The molecule has 3 aromatic rings. The van der Waals surface area contributed by atoms with Gasteiger partial charge in [-0.05, 0) is 41.5 Å². The maximum absolute atomic E-state index is 14.2. The van der Waals surface area contributed by atoms with Gasteiger partial charge in [-0.1, -0.05) is 20.8 Å². The van der Waals surface area contributed by atoms with Crippen molar-refractivity contribution < 1.29 is 31.8 Å². The van der Waals surface area contributed by atoms with Crippen LogP contribution in [-0.2, 0) is 35.2 Å². The zero-order valence-corrected chi connectivity index (χ0v) is 27.2. The van der Waals surface area contributed by atoms with Crippen molar-refractivity contribution in [3.63, 3.8) is 0 Å². The van der Waals surface area contributed by atoms with Gasteiger partial charge in [0.25, 0.3) is 5.56 Å². The number of hydrogen-bond acceptors (Lipinski definition) is 11. The van der Waals surface area contributed by atoms with Crippen molar-refractivity contribution in [1.29, 1.82) is 0 Å². The Labute approximate surface area is 253 Å². The molecule has 0 bridgehead atoms. The third-order valence-electron chi connectivity index (χ3n) is 6.33. The average Bonchev–Trinajstić information content (AvgIpc) is 3.41. The first-order chi connectivity index (χ1) is 19.9. The summed E-state index contributed by atoms with van der Waals surface area (Å²) >= 11 is 1.38. The van der Waals surface area contributed by atoms with Gasteiger partial charge in [-0.3, -0.25) is 18.9 Å². The van der Waals surface area contributed by atoms with Crippen molar-refractivity contribution in [3.05, 3.63) is 50.9 Å². The monoisotopic (exact) mass is 649 g/mol. The Morgan fingerprint density at radius 1 is 1.19 bits per heavy atom. The molecule has 0 saturated heterocycles. The van der Waals surface area contributed by atoms with Crippen molar-refractivity contribution in [2.24, 2.45) is 10.2 Å². The molecule has 0 fully saturated rings. The van der Waals surface area contributed by atoms with Gasteiger partial charge in [-0.2, -0.15) is 21.2 Å². The minimum absolute atomic E-state index is 0.0274. The number of amides is 1. The first kappa shape index (κ1) is 32.3. The Kier molecular flexibility index (Phi) is 8.85. The number of nitrogens with zero attached hydrogens (tertiary/aromatic N) is 4. The summed E-state index contributed by atoms with van der Waals surface area (Å²) in [4.78, 5) is 38.5. The van der Waals surface area contributed by atoms with Crippen LogP contribution in [0.25, 0.3) is 11.3 Å². The molecule has 16 heteroatoms. The van der Waals surface area contributed by atoms with Crippen LogP contribution in [0.4, 0.5) is 11.4 Å². The van der Waals surface area contributed by atoms with Crippen molar-refractivity contribution in [3.8, 4) is 17.0 Å². The number of sulfonamides is 1. The quantitative estimate of drug-likeness (QED) is 0.279. The lowest BCUT2D eigenvalue weighted by Crippen LogP contribution is -2.37. The zero-order valence-electron chi connectivity index (χ0n) is 24.7. The van der Waals surface area contributed by atoms with Crippen LogP contribution in [0, 0.1) is 5.41 Å². The molecule has 1 unspecified atom stereocenters. The van der Waals surface area contributed by atoms with Gasteiger partial charge in [0, 0.05) is 38.4 Å². The summed E-state index contributed by atoms with van der Waals surface area (Å²) in [5.74, 6) is -1.85. The maximum Gasteiger partial charge on any atom is 0.348 e. The number of hydrogen-bond donors (Lipinski definition) is 1. The number of aromatic nitrogens is 2. The molecule has 3 heterocycles. The second-order valence-corrected chi connectivity index (χ2v) is 15.7. The van der Waals surface area contributed by atoms with Crippen LogP contribution in [0.5, 0.6) is 5.75 Å². The van der Waals surface area contributed by atoms with Gasteiger partial charge < -0.3 is 14.6 Å². The molecule has 1 amide bonds. The molecule has 1 aliphatic rings. The third kappa shape index (κ3) is 6.80. The van der Waals surface area contributed by atoms with Crippen molar-refractivity contribution >= 4 is 63.3 Å². The summed E-state index contributed by atoms with van der Waals surface area (Å²) in [6.45, 7) is 8.57. The first-order valence-corrected chi connectivity index (χ1v) is 17.4. The highest BCUT2D eigenvalue weighted by molar-refractivity contribution is 7.92. The number of amidine groups is 1. The van der Waals surface area contributed by atoms with E-state index in [1.807, 2.05) is 26.2 Å². The topological polar surface area (TPSA) is 166 Å². The molecule has 13 nitrogen and oxygen atoms in total. The van der Waals surface area contributed by atoms with E-state index in [1.54, 1.807) is 11.4 Å². The number of carbonyl (C=O) groups excluding carboxylic acids is 2. The summed E-state index contributed by atoms with van der Waals surface area (Å²) in [7, 11) is -7.03. The Bertz CT molecular complexity index is 1840. The Balaban J connectivity index is 1.99. The van der Waals surface area contributed by atoms with E-state index >= 15 is 0 Å². The number of nitrogens with one attached hydrogen (secondary N) is 1. The SMILES string of the molecule is COP1(=O)N=C(c2c(OC(C)=O)c(-c3ccsc3)nn(CCC(C)(C)C)c2=O)Nc2ccc(N(C(C)=O)S(C)(=O)=O)cc21. The minimum Gasteiger partial charge on any atom is -0.423 e. The van der Waals surface area contributed by atoms with Crippen molar-refractivity contribution in [2.75, 3.05) is 23.0 Å². The Morgan fingerprint density at radius 2 is 1.88 bits per heavy atom. The molecular weight excluding hydrogens is 617 g/mol. The molecule has 0 saturated carbocycles. The molecule has 0 spiro atoms. The first-order valence-electron chi connectivity index (χ1n) is 13.0. The number of benzene rings is 1. The smallest absolute Gasteiger partial charge is 0.348 e. The lowest BCUT2D eigenvalue weighted by atomic mass is 9.92. The van der Waals surface area contributed by atoms with Gasteiger partial charge in [-0.15, -0.1) is 0 Å². The van der Waals surface area contributed by atoms with Crippen molar-refractivity contribution in [1.82, 2.24) is 9.78 Å². The predicted octanol–water partition coefficient (Wildman–Crippen LogP) is 3.98. The standard InChI is InChI=1S/C27H32N5O8PS2/c1-16(33)32(43(7,37)38)19-8-9-20-21(14-19)41(36,39-6)30-25(28-20)22-24(40-17(2)34)23(18-10-13-42-15-18)29-31(26(22)35)12-11-27(3,4)5/h8-10,13-15H,11-12H2,1-7H3,(H,28,30,36). The van der Waals surface area contributed by atoms with Gasteiger partial charge in [0.1, 0.15) is 11.3 Å². The summed E-state index contributed by atoms with van der Waals surface area (Å²) in [6, 6.07) is 5.73. The number of ether oxygens (including phenoxy) is 1. The molecule has 0 radical (unpaired) electrons. The highest BCUT2D eigenvalue weighted by atomic mass is 32.2. The van der Waals surface area contributed by atoms with Gasteiger partial charge in [0.05, 0.1) is 22.9 Å². The number of anilines is 2. The fourth-order valence-electron chi connectivity index (χ4n) is 4.37. The van der Waals surface area contributed by atoms with Crippen LogP contribution in [0.1, 0.15) is 46.6 Å². The largest absolute Gasteiger partial charge is 0.423 e. The molecule has 2 aromatic heterocycles. The van der Waals surface area contributed by atoms with Gasteiger partial charge in [0.15, 0.2) is 11.6 Å². The molecule has 1 atom stereocenters.